The van der Waals surface area contributed by atoms with Crippen molar-refractivity contribution in [1.82, 2.24) is 0 Å². The summed E-state index contributed by atoms with van der Waals surface area (Å²) in [5, 5.41) is 0. The van der Waals surface area contributed by atoms with Gasteiger partial charge in [-0.1, -0.05) is 70.2 Å². The van der Waals surface area contributed by atoms with Crippen LogP contribution in [0.25, 0.3) is 11.1 Å². The SMILES string of the molecule is CC1Cc2c(cccc2-c2ccc(C(=O)C(C)(C)C)cc2)C1=O. The Morgan fingerprint density at radius 1 is 1.00 bits per heavy atom. The molecule has 0 aromatic heterocycles. The van der Waals surface area contributed by atoms with Crippen molar-refractivity contribution >= 4 is 11.6 Å². The molecule has 2 aromatic carbocycles. The summed E-state index contributed by atoms with van der Waals surface area (Å²) in [6.07, 6.45) is 0.799. The van der Waals surface area contributed by atoms with Crippen molar-refractivity contribution < 1.29 is 9.59 Å². The van der Waals surface area contributed by atoms with Gasteiger partial charge in [0.25, 0.3) is 0 Å². The molecule has 0 spiro atoms. The molecule has 0 saturated carbocycles. The molecule has 1 aliphatic carbocycles. The molecule has 0 fully saturated rings. The summed E-state index contributed by atoms with van der Waals surface area (Å²) in [6, 6.07) is 13.7. The Morgan fingerprint density at radius 2 is 1.61 bits per heavy atom. The maximum Gasteiger partial charge on any atom is 0.168 e. The number of carbonyl (C=O) groups is 2. The smallest absolute Gasteiger partial charge is 0.168 e. The number of hydrogen-bond acceptors (Lipinski definition) is 2. The Balaban J connectivity index is 1.99. The third kappa shape index (κ3) is 2.74. The fourth-order valence-electron chi connectivity index (χ4n) is 3.21. The number of ketones is 2. The van der Waals surface area contributed by atoms with Gasteiger partial charge in [-0.05, 0) is 23.1 Å². The Labute approximate surface area is 137 Å². The van der Waals surface area contributed by atoms with Crippen LogP contribution >= 0.6 is 0 Å². The van der Waals surface area contributed by atoms with Crippen molar-refractivity contribution in [2.75, 3.05) is 0 Å². The Hall–Kier alpha value is -2.22. The van der Waals surface area contributed by atoms with Crippen molar-refractivity contribution in [3.63, 3.8) is 0 Å². The summed E-state index contributed by atoms with van der Waals surface area (Å²) in [4.78, 5) is 24.5. The molecule has 0 heterocycles. The molecular weight excluding hydrogens is 284 g/mol. The van der Waals surface area contributed by atoms with Crippen LogP contribution in [0.3, 0.4) is 0 Å². The van der Waals surface area contributed by atoms with Crippen LogP contribution in [0.2, 0.25) is 0 Å². The second kappa shape index (κ2) is 5.45. The third-order valence-electron chi connectivity index (χ3n) is 4.54. The molecule has 0 radical (unpaired) electrons. The van der Waals surface area contributed by atoms with Gasteiger partial charge in [0.2, 0.25) is 0 Å². The first kappa shape index (κ1) is 15.7. The van der Waals surface area contributed by atoms with E-state index in [4.69, 9.17) is 0 Å². The van der Waals surface area contributed by atoms with Gasteiger partial charge in [-0.2, -0.15) is 0 Å². The second-order valence-corrected chi connectivity index (χ2v) is 7.46. The van der Waals surface area contributed by atoms with Gasteiger partial charge >= 0.3 is 0 Å². The van der Waals surface area contributed by atoms with Crippen LogP contribution in [0.1, 0.15) is 54.0 Å². The first-order valence-corrected chi connectivity index (χ1v) is 8.10. The van der Waals surface area contributed by atoms with E-state index in [0.29, 0.717) is 0 Å². The number of rotatable bonds is 2. The topological polar surface area (TPSA) is 34.1 Å². The van der Waals surface area contributed by atoms with Gasteiger partial charge in [-0.3, -0.25) is 9.59 Å². The number of Topliss-reactive ketones (excluding diaryl/α,β-unsaturated/α-hetero) is 2. The normalized spacial score (nSPS) is 17.2. The van der Waals surface area contributed by atoms with Crippen LogP contribution in [0, 0.1) is 11.3 Å². The van der Waals surface area contributed by atoms with Crippen LogP contribution in [-0.2, 0) is 6.42 Å². The van der Waals surface area contributed by atoms with Gasteiger partial charge in [0.1, 0.15) is 0 Å². The zero-order chi connectivity index (χ0) is 16.8. The van der Waals surface area contributed by atoms with Crippen LogP contribution in [-0.4, -0.2) is 11.6 Å². The standard InChI is InChI=1S/C21H22O2/c1-13-12-18-16(6-5-7-17(18)19(13)22)14-8-10-15(11-9-14)20(23)21(2,3)4/h5-11,13H,12H2,1-4H3. The highest BCUT2D eigenvalue weighted by Crippen LogP contribution is 2.35. The predicted octanol–water partition coefficient (Wildman–Crippen LogP) is 4.96. The minimum absolute atomic E-state index is 0.0629. The van der Waals surface area contributed by atoms with E-state index in [1.807, 2.05) is 64.1 Å². The first-order chi connectivity index (χ1) is 10.8. The maximum absolute atomic E-state index is 12.3. The molecule has 1 aliphatic rings. The summed E-state index contributed by atoms with van der Waals surface area (Å²) < 4.78 is 0. The zero-order valence-corrected chi connectivity index (χ0v) is 14.1. The summed E-state index contributed by atoms with van der Waals surface area (Å²) >= 11 is 0. The fraction of sp³-hybridized carbons (Fsp3) is 0.333. The van der Waals surface area contributed by atoms with E-state index >= 15 is 0 Å². The molecule has 0 bridgehead atoms. The summed E-state index contributed by atoms with van der Waals surface area (Å²) in [7, 11) is 0. The highest BCUT2D eigenvalue weighted by Gasteiger charge is 2.29. The largest absolute Gasteiger partial charge is 0.294 e. The fourth-order valence-corrected chi connectivity index (χ4v) is 3.21. The van der Waals surface area contributed by atoms with Crippen LogP contribution in [0.5, 0.6) is 0 Å². The lowest BCUT2D eigenvalue weighted by Crippen LogP contribution is -2.19. The molecule has 2 heteroatoms. The number of carbonyl (C=O) groups excluding carboxylic acids is 2. The van der Waals surface area contributed by atoms with Crippen LogP contribution in [0.15, 0.2) is 42.5 Å². The van der Waals surface area contributed by atoms with Crippen molar-refractivity contribution in [2.45, 2.75) is 34.1 Å². The van der Waals surface area contributed by atoms with E-state index < -0.39 is 0 Å². The van der Waals surface area contributed by atoms with E-state index in [1.54, 1.807) is 0 Å². The van der Waals surface area contributed by atoms with E-state index in [1.165, 1.54) is 0 Å². The van der Waals surface area contributed by atoms with Crippen LogP contribution < -0.4 is 0 Å². The molecule has 0 amide bonds. The van der Waals surface area contributed by atoms with E-state index in [-0.39, 0.29) is 22.9 Å². The molecular formula is C21H22O2. The molecule has 0 saturated heterocycles. The van der Waals surface area contributed by atoms with Crippen molar-refractivity contribution in [2.24, 2.45) is 11.3 Å². The summed E-state index contributed by atoms with van der Waals surface area (Å²) in [6.45, 7) is 7.78. The van der Waals surface area contributed by atoms with Crippen molar-refractivity contribution in [3.8, 4) is 11.1 Å². The molecule has 0 N–H and O–H groups in total. The summed E-state index contributed by atoms with van der Waals surface area (Å²) in [5.74, 6) is 0.445. The number of hydrogen-bond donors (Lipinski definition) is 0. The van der Waals surface area contributed by atoms with E-state index in [0.717, 1.165) is 34.2 Å². The van der Waals surface area contributed by atoms with Gasteiger partial charge in [0.05, 0.1) is 0 Å². The van der Waals surface area contributed by atoms with Gasteiger partial charge in [-0.25, -0.2) is 0 Å². The van der Waals surface area contributed by atoms with E-state index in [9.17, 15) is 9.59 Å². The average molecular weight is 306 g/mol. The minimum atomic E-state index is -0.378. The lowest BCUT2D eigenvalue weighted by atomic mass is 9.86. The number of fused-ring (bicyclic) bond motifs is 1. The predicted molar refractivity (Wildman–Crippen MR) is 92.9 cm³/mol. The average Bonchev–Trinajstić information content (AvgIpc) is 2.81. The Morgan fingerprint density at radius 3 is 2.22 bits per heavy atom. The highest BCUT2D eigenvalue weighted by molar-refractivity contribution is 6.04. The third-order valence-corrected chi connectivity index (χ3v) is 4.54. The highest BCUT2D eigenvalue weighted by atomic mass is 16.1. The molecule has 3 rings (SSSR count). The molecule has 2 nitrogen and oxygen atoms in total. The van der Waals surface area contributed by atoms with Crippen molar-refractivity contribution in [1.29, 1.82) is 0 Å². The first-order valence-electron chi connectivity index (χ1n) is 8.10. The van der Waals surface area contributed by atoms with Crippen LogP contribution in [0.4, 0.5) is 0 Å². The molecule has 118 valence electrons. The lowest BCUT2D eigenvalue weighted by molar-refractivity contribution is 0.0858. The lowest BCUT2D eigenvalue weighted by Gasteiger charge is -2.17. The number of benzene rings is 2. The Kier molecular flexibility index (Phi) is 3.71. The van der Waals surface area contributed by atoms with Gasteiger partial charge < -0.3 is 0 Å². The second-order valence-electron chi connectivity index (χ2n) is 7.46. The van der Waals surface area contributed by atoms with Gasteiger partial charge in [0.15, 0.2) is 11.6 Å². The van der Waals surface area contributed by atoms with Gasteiger partial charge in [-0.15, -0.1) is 0 Å². The molecule has 2 aromatic rings. The van der Waals surface area contributed by atoms with E-state index in [2.05, 4.69) is 6.07 Å². The minimum Gasteiger partial charge on any atom is -0.294 e. The molecule has 23 heavy (non-hydrogen) atoms. The maximum atomic E-state index is 12.3. The summed E-state index contributed by atoms with van der Waals surface area (Å²) in [5.41, 5.74) is 4.52. The molecule has 1 atom stereocenters. The van der Waals surface area contributed by atoms with Gasteiger partial charge in [0, 0.05) is 22.5 Å². The molecule has 1 unspecified atom stereocenters. The van der Waals surface area contributed by atoms with Crippen molar-refractivity contribution in [3.05, 3.63) is 59.2 Å². The Bertz CT molecular complexity index is 776. The monoisotopic (exact) mass is 306 g/mol. The zero-order valence-electron chi connectivity index (χ0n) is 14.1. The quantitative estimate of drug-likeness (QED) is 0.735. The molecule has 0 aliphatic heterocycles.